The second-order valence-corrected chi connectivity index (χ2v) is 3.95. The van der Waals surface area contributed by atoms with Gasteiger partial charge in [-0.15, -0.1) is 5.10 Å². The third-order valence-electron chi connectivity index (χ3n) is 2.78. The molecule has 0 unspecified atom stereocenters. The summed E-state index contributed by atoms with van der Waals surface area (Å²) in [5.41, 5.74) is 1.41. The van der Waals surface area contributed by atoms with Crippen molar-refractivity contribution >= 4 is 0 Å². The average molecular weight is 274 g/mol. The molecule has 1 heterocycles. The van der Waals surface area contributed by atoms with Crippen LogP contribution in [0.3, 0.4) is 0 Å². The number of rotatable bonds is 5. The molecule has 1 aromatic carbocycles. The van der Waals surface area contributed by atoms with Gasteiger partial charge in [-0.25, -0.2) is 4.68 Å². The molecule has 2 aromatic rings. The lowest BCUT2D eigenvalue weighted by molar-refractivity contribution is 0.269. The van der Waals surface area contributed by atoms with Gasteiger partial charge in [0.15, 0.2) is 5.69 Å². The van der Waals surface area contributed by atoms with E-state index in [-0.39, 0.29) is 18.8 Å². The van der Waals surface area contributed by atoms with Crippen molar-refractivity contribution < 1.29 is 14.6 Å². The van der Waals surface area contributed by atoms with E-state index < -0.39 is 0 Å². The van der Waals surface area contributed by atoms with Crippen LogP contribution in [0.4, 0.5) is 0 Å². The molecule has 0 aliphatic rings. The molecule has 0 amide bonds. The van der Waals surface area contributed by atoms with Crippen LogP contribution in [0.15, 0.2) is 18.2 Å². The molecule has 1 N–H and O–H groups in total. The average Bonchev–Trinajstić information content (AvgIpc) is 2.89. The summed E-state index contributed by atoms with van der Waals surface area (Å²) >= 11 is 0. The van der Waals surface area contributed by atoms with Crippen molar-refractivity contribution in [1.29, 1.82) is 5.26 Å². The standard InChI is InChI=1S/C13H14N4O3/c1-19-10-5-9(6-11(7-10)20-2)13-12(8-14)15-16-17(13)3-4-18/h5-7,18H,3-4H2,1-2H3. The Labute approximate surface area is 116 Å². The first kappa shape index (κ1) is 13.8. The Morgan fingerprint density at radius 1 is 1.25 bits per heavy atom. The molecule has 0 atom stereocenters. The van der Waals surface area contributed by atoms with Gasteiger partial charge >= 0.3 is 0 Å². The lowest BCUT2D eigenvalue weighted by atomic mass is 10.1. The normalized spacial score (nSPS) is 10.1. The number of aliphatic hydroxyl groups excluding tert-OH is 1. The van der Waals surface area contributed by atoms with Gasteiger partial charge < -0.3 is 14.6 Å². The number of ether oxygens (including phenoxy) is 2. The maximum absolute atomic E-state index is 9.12. The fourth-order valence-corrected chi connectivity index (χ4v) is 1.87. The van der Waals surface area contributed by atoms with E-state index in [1.165, 1.54) is 4.68 Å². The van der Waals surface area contributed by atoms with Crippen LogP contribution in [0.25, 0.3) is 11.3 Å². The summed E-state index contributed by atoms with van der Waals surface area (Å²) in [6, 6.07) is 7.24. The van der Waals surface area contributed by atoms with Gasteiger partial charge in [0.1, 0.15) is 23.3 Å². The first-order valence-electron chi connectivity index (χ1n) is 5.91. The number of methoxy groups -OCH3 is 2. The van der Waals surface area contributed by atoms with E-state index in [4.69, 9.17) is 19.8 Å². The Bertz CT molecular complexity index is 623. The molecular weight excluding hydrogens is 260 g/mol. The molecule has 20 heavy (non-hydrogen) atoms. The monoisotopic (exact) mass is 274 g/mol. The molecule has 0 aliphatic heterocycles. The van der Waals surface area contributed by atoms with Gasteiger partial charge in [0.2, 0.25) is 0 Å². The van der Waals surface area contributed by atoms with Crippen LogP contribution < -0.4 is 9.47 Å². The van der Waals surface area contributed by atoms with Crippen molar-refractivity contribution in [3.05, 3.63) is 23.9 Å². The molecule has 0 fully saturated rings. The Hall–Kier alpha value is -2.59. The Balaban J connectivity index is 2.60. The van der Waals surface area contributed by atoms with Gasteiger partial charge in [-0.1, -0.05) is 5.21 Å². The van der Waals surface area contributed by atoms with E-state index in [2.05, 4.69) is 10.3 Å². The van der Waals surface area contributed by atoms with Crippen molar-refractivity contribution in [3.8, 4) is 28.8 Å². The van der Waals surface area contributed by atoms with Crippen molar-refractivity contribution in [1.82, 2.24) is 15.0 Å². The highest BCUT2D eigenvalue weighted by Crippen LogP contribution is 2.30. The van der Waals surface area contributed by atoms with Gasteiger partial charge in [-0.3, -0.25) is 0 Å². The molecule has 0 bridgehead atoms. The van der Waals surface area contributed by atoms with Crippen LogP contribution in [0.2, 0.25) is 0 Å². The molecule has 0 radical (unpaired) electrons. The minimum atomic E-state index is -0.0949. The first-order valence-corrected chi connectivity index (χ1v) is 5.91. The van der Waals surface area contributed by atoms with Crippen molar-refractivity contribution in [2.24, 2.45) is 0 Å². The highest BCUT2D eigenvalue weighted by atomic mass is 16.5. The quantitative estimate of drug-likeness (QED) is 0.867. The molecule has 2 rings (SSSR count). The van der Waals surface area contributed by atoms with E-state index >= 15 is 0 Å². The van der Waals surface area contributed by atoms with Crippen molar-refractivity contribution in [3.63, 3.8) is 0 Å². The van der Waals surface area contributed by atoms with E-state index in [0.717, 1.165) is 0 Å². The molecule has 7 heteroatoms. The fraction of sp³-hybridized carbons (Fsp3) is 0.308. The summed E-state index contributed by atoms with van der Waals surface area (Å²) in [4.78, 5) is 0. The minimum absolute atomic E-state index is 0.0949. The number of aliphatic hydroxyl groups is 1. The second kappa shape index (κ2) is 6.04. The zero-order valence-electron chi connectivity index (χ0n) is 11.2. The number of nitrogens with zero attached hydrogens (tertiary/aromatic N) is 4. The smallest absolute Gasteiger partial charge is 0.190 e. The van der Waals surface area contributed by atoms with Crippen LogP contribution in [-0.4, -0.2) is 40.9 Å². The maximum Gasteiger partial charge on any atom is 0.190 e. The van der Waals surface area contributed by atoms with Crippen LogP contribution >= 0.6 is 0 Å². The largest absolute Gasteiger partial charge is 0.497 e. The Kier molecular flexibility index (Phi) is 4.17. The molecule has 0 aliphatic carbocycles. The van der Waals surface area contributed by atoms with E-state index in [1.54, 1.807) is 32.4 Å². The third kappa shape index (κ3) is 2.55. The maximum atomic E-state index is 9.12. The molecule has 0 saturated heterocycles. The summed E-state index contributed by atoms with van der Waals surface area (Å²) in [7, 11) is 3.10. The summed E-state index contributed by atoms with van der Waals surface area (Å²) in [6.45, 7) is 0.159. The number of hydrogen-bond acceptors (Lipinski definition) is 6. The van der Waals surface area contributed by atoms with E-state index in [9.17, 15) is 0 Å². The van der Waals surface area contributed by atoms with Crippen molar-refractivity contribution in [2.75, 3.05) is 20.8 Å². The van der Waals surface area contributed by atoms with Crippen molar-refractivity contribution in [2.45, 2.75) is 6.54 Å². The van der Waals surface area contributed by atoms with Gasteiger partial charge in [0.25, 0.3) is 0 Å². The highest BCUT2D eigenvalue weighted by Gasteiger charge is 2.16. The summed E-state index contributed by atoms with van der Waals surface area (Å²) < 4.78 is 11.9. The van der Waals surface area contributed by atoms with Crippen LogP contribution in [0.5, 0.6) is 11.5 Å². The molecule has 0 saturated carbocycles. The lowest BCUT2D eigenvalue weighted by Crippen LogP contribution is -2.06. The Morgan fingerprint density at radius 3 is 2.40 bits per heavy atom. The molecule has 1 aromatic heterocycles. The molecule has 0 spiro atoms. The van der Waals surface area contributed by atoms with E-state index in [0.29, 0.717) is 22.8 Å². The topological polar surface area (TPSA) is 93.2 Å². The summed E-state index contributed by atoms with van der Waals surface area (Å²) in [6.07, 6.45) is 0. The molecular formula is C13H14N4O3. The highest BCUT2D eigenvalue weighted by molar-refractivity contribution is 5.68. The molecule has 104 valence electrons. The van der Waals surface area contributed by atoms with Gasteiger partial charge in [-0.05, 0) is 12.1 Å². The van der Waals surface area contributed by atoms with Gasteiger partial charge in [0, 0.05) is 11.6 Å². The number of nitriles is 1. The predicted octanol–water partition coefficient (Wildman–Crippen LogP) is 0.826. The number of benzene rings is 1. The Morgan fingerprint density at radius 2 is 1.90 bits per heavy atom. The lowest BCUT2D eigenvalue weighted by Gasteiger charge is -2.09. The number of aromatic nitrogens is 3. The molecule has 7 nitrogen and oxygen atoms in total. The zero-order chi connectivity index (χ0) is 14.5. The predicted molar refractivity (Wildman–Crippen MR) is 70.4 cm³/mol. The van der Waals surface area contributed by atoms with Crippen LogP contribution in [0, 0.1) is 11.3 Å². The SMILES string of the molecule is COc1cc(OC)cc(-c2c(C#N)nnn2CCO)c1. The second-order valence-electron chi connectivity index (χ2n) is 3.95. The van der Waals surface area contributed by atoms with Gasteiger partial charge in [0.05, 0.1) is 27.4 Å². The zero-order valence-corrected chi connectivity index (χ0v) is 11.2. The fourth-order valence-electron chi connectivity index (χ4n) is 1.87. The number of hydrogen-bond donors (Lipinski definition) is 1. The summed E-state index contributed by atoms with van der Waals surface area (Å²) in [5, 5.41) is 25.8. The third-order valence-corrected chi connectivity index (χ3v) is 2.78. The van der Waals surface area contributed by atoms with Crippen LogP contribution in [0.1, 0.15) is 5.69 Å². The van der Waals surface area contributed by atoms with Crippen LogP contribution in [-0.2, 0) is 6.54 Å². The summed E-state index contributed by atoms with van der Waals surface area (Å²) in [5.74, 6) is 1.19. The van der Waals surface area contributed by atoms with E-state index in [1.807, 2.05) is 6.07 Å². The van der Waals surface area contributed by atoms with Gasteiger partial charge in [-0.2, -0.15) is 5.26 Å². The first-order chi connectivity index (χ1) is 9.73. The minimum Gasteiger partial charge on any atom is -0.497 e.